The van der Waals surface area contributed by atoms with E-state index in [0.717, 1.165) is 17.0 Å². The lowest BCUT2D eigenvalue weighted by atomic mass is 10.3. The van der Waals surface area contributed by atoms with E-state index in [-0.39, 0.29) is 0 Å². The summed E-state index contributed by atoms with van der Waals surface area (Å²) in [4.78, 5) is 4.45. The third-order valence-corrected chi connectivity index (χ3v) is 3.00. The number of hydrogen-bond acceptors (Lipinski definition) is 5. The molecule has 0 aliphatic carbocycles. The smallest absolute Gasteiger partial charge is 0.276 e. The molecule has 0 amide bonds. The van der Waals surface area contributed by atoms with Crippen molar-refractivity contribution in [2.45, 2.75) is 12.1 Å². The van der Waals surface area contributed by atoms with Gasteiger partial charge in [0, 0.05) is 6.20 Å². The molecule has 0 atom stereocenters. The molecule has 0 bridgehead atoms. The van der Waals surface area contributed by atoms with Crippen molar-refractivity contribution >= 4 is 17.4 Å². The summed E-state index contributed by atoms with van der Waals surface area (Å²) in [6, 6.07) is 5.85. The number of nitrogens with zero attached hydrogens (tertiary/aromatic N) is 4. The fraction of sp³-hybridized carbons (Fsp3) is 0.182. The van der Waals surface area contributed by atoms with Crippen molar-refractivity contribution in [3.05, 3.63) is 30.1 Å². The Hall–Kier alpha value is -1.82. The maximum atomic E-state index is 5.55. The lowest BCUT2D eigenvalue weighted by Crippen LogP contribution is -1.88. The van der Waals surface area contributed by atoms with Gasteiger partial charge >= 0.3 is 0 Å². The summed E-state index contributed by atoms with van der Waals surface area (Å²) in [7, 11) is 0. The summed E-state index contributed by atoms with van der Waals surface area (Å²) in [6.07, 6.45) is 3.84. The molecule has 0 aliphatic heterocycles. The Morgan fingerprint density at radius 1 is 1.29 bits per heavy atom. The molecule has 5 nitrogen and oxygen atoms in total. The normalized spacial score (nSPS) is 11.2. The van der Waals surface area contributed by atoms with Gasteiger partial charge in [0.15, 0.2) is 0 Å². The van der Waals surface area contributed by atoms with E-state index >= 15 is 0 Å². The van der Waals surface area contributed by atoms with Crippen LogP contribution in [0.4, 0.5) is 0 Å². The highest BCUT2D eigenvalue weighted by Crippen LogP contribution is 2.25. The molecule has 0 aromatic carbocycles. The number of rotatable bonds is 2. The van der Waals surface area contributed by atoms with Crippen LogP contribution in [-0.4, -0.2) is 25.8 Å². The Labute approximate surface area is 102 Å². The average molecular weight is 246 g/mol. The van der Waals surface area contributed by atoms with E-state index in [9.17, 15) is 0 Å². The van der Waals surface area contributed by atoms with Crippen molar-refractivity contribution in [1.82, 2.24) is 19.6 Å². The van der Waals surface area contributed by atoms with Crippen molar-refractivity contribution in [2.24, 2.45) is 0 Å². The minimum Gasteiger partial charge on any atom is -0.410 e. The molecule has 0 saturated carbocycles. The molecule has 6 heteroatoms. The molecule has 0 saturated heterocycles. The number of aromatic nitrogens is 4. The summed E-state index contributed by atoms with van der Waals surface area (Å²) >= 11 is 1.43. The van der Waals surface area contributed by atoms with Gasteiger partial charge in [0.1, 0.15) is 11.3 Å². The third-order valence-electron chi connectivity index (χ3n) is 2.49. The highest BCUT2D eigenvalue weighted by molar-refractivity contribution is 7.98. The highest BCUT2D eigenvalue weighted by Gasteiger charge is 2.16. The molecule has 17 heavy (non-hydrogen) atoms. The Bertz CT molecular complexity index is 673. The van der Waals surface area contributed by atoms with Gasteiger partial charge < -0.3 is 4.42 Å². The second-order valence-electron chi connectivity index (χ2n) is 3.55. The van der Waals surface area contributed by atoms with Crippen LogP contribution in [0.25, 0.3) is 17.2 Å². The lowest BCUT2D eigenvalue weighted by molar-refractivity contribution is 0.464. The first-order valence-corrected chi connectivity index (χ1v) is 6.33. The standard InChI is InChI=1S/C11H10N4OS/c1-7-9(10-13-14-11(16-10)17-2)15-6-4-3-5-8(15)12-7/h3-6H,1-2H3. The van der Waals surface area contributed by atoms with E-state index in [2.05, 4.69) is 15.2 Å². The molecular weight excluding hydrogens is 236 g/mol. The van der Waals surface area contributed by atoms with Gasteiger partial charge in [0.2, 0.25) is 0 Å². The van der Waals surface area contributed by atoms with Crippen LogP contribution < -0.4 is 0 Å². The number of pyridine rings is 1. The van der Waals surface area contributed by atoms with E-state index in [4.69, 9.17) is 4.42 Å². The molecule has 0 aliphatic rings. The predicted molar refractivity (Wildman–Crippen MR) is 65.0 cm³/mol. The number of aryl methyl sites for hydroxylation is 1. The third kappa shape index (κ3) is 1.61. The number of hydrogen-bond donors (Lipinski definition) is 0. The van der Waals surface area contributed by atoms with E-state index < -0.39 is 0 Å². The van der Waals surface area contributed by atoms with Crippen molar-refractivity contribution in [1.29, 1.82) is 0 Å². The minimum atomic E-state index is 0.505. The summed E-state index contributed by atoms with van der Waals surface area (Å²) in [5, 5.41) is 8.55. The highest BCUT2D eigenvalue weighted by atomic mass is 32.2. The van der Waals surface area contributed by atoms with Gasteiger partial charge in [-0.15, -0.1) is 10.2 Å². The molecule has 3 aromatic heterocycles. The van der Waals surface area contributed by atoms with Crippen LogP contribution in [0.1, 0.15) is 5.69 Å². The zero-order valence-electron chi connectivity index (χ0n) is 9.41. The quantitative estimate of drug-likeness (QED) is 0.650. The minimum absolute atomic E-state index is 0.505. The van der Waals surface area contributed by atoms with E-state index in [1.54, 1.807) is 0 Å². The second-order valence-corrected chi connectivity index (χ2v) is 4.31. The van der Waals surface area contributed by atoms with Gasteiger partial charge in [0.05, 0.1) is 5.69 Å². The van der Waals surface area contributed by atoms with Gasteiger partial charge in [-0.05, 0) is 25.3 Å². The van der Waals surface area contributed by atoms with E-state index in [1.807, 2.05) is 42.0 Å². The van der Waals surface area contributed by atoms with Crippen LogP contribution in [0.5, 0.6) is 0 Å². The Morgan fingerprint density at radius 2 is 2.18 bits per heavy atom. The van der Waals surface area contributed by atoms with Crippen LogP contribution in [0, 0.1) is 6.92 Å². The van der Waals surface area contributed by atoms with Gasteiger partial charge in [-0.2, -0.15) is 0 Å². The molecule has 3 aromatic rings. The maximum absolute atomic E-state index is 5.55. The summed E-state index contributed by atoms with van der Waals surface area (Å²) in [5.74, 6) is 0.505. The molecule has 0 N–H and O–H groups in total. The van der Waals surface area contributed by atoms with Crippen LogP contribution in [0.3, 0.4) is 0 Å². The van der Waals surface area contributed by atoms with Crippen LogP contribution in [0.2, 0.25) is 0 Å². The van der Waals surface area contributed by atoms with Gasteiger partial charge in [0.25, 0.3) is 11.1 Å². The fourth-order valence-electron chi connectivity index (χ4n) is 1.76. The average Bonchev–Trinajstić information content (AvgIpc) is 2.91. The fourth-order valence-corrected chi connectivity index (χ4v) is 2.04. The monoisotopic (exact) mass is 246 g/mol. The van der Waals surface area contributed by atoms with Crippen molar-refractivity contribution in [3.63, 3.8) is 0 Å². The Morgan fingerprint density at radius 3 is 2.94 bits per heavy atom. The molecule has 86 valence electrons. The zero-order chi connectivity index (χ0) is 11.8. The summed E-state index contributed by atoms with van der Waals surface area (Å²) in [5.41, 5.74) is 2.62. The molecular formula is C11H10N4OS. The maximum Gasteiger partial charge on any atom is 0.276 e. The molecule has 3 heterocycles. The molecule has 0 fully saturated rings. The zero-order valence-corrected chi connectivity index (χ0v) is 10.2. The van der Waals surface area contributed by atoms with Gasteiger partial charge in [-0.1, -0.05) is 17.8 Å². The molecule has 0 radical (unpaired) electrons. The summed E-state index contributed by atoms with van der Waals surface area (Å²) in [6.45, 7) is 1.94. The Balaban J connectivity index is 2.25. The first-order chi connectivity index (χ1) is 8.29. The summed E-state index contributed by atoms with van der Waals surface area (Å²) < 4.78 is 7.50. The first-order valence-electron chi connectivity index (χ1n) is 5.11. The Kier molecular flexibility index (Phi) is 2.36. The second kappa shape index (κ2) is 3.89. The number of imidazole rings is 1. The first kappa shape index (κ1) is 10.3. The lowest BCUT2D eigenvalue weighted by Gasteiger charge is -1.96. The van der Waals surface area contributed by atoms with Crippen LogP contribution >= 0.6 is 11.8 Å². The number of fused-ring (bicyclic) bond motifs is 1. The molecule has 0 spiro atoms. The van der Waals surface area contributed by atoms with Gasteiger partial charge in [-0.3, -0.25) is 4.40 Å². The van der Waals surface area contributed by atoms with E-state index in [1.165, 1.54) is 11.8 Å². The number of thioether (sulfide) groups is 1. The van der Waals surface area contributed by atoms with Gasteiger partial charge in [-0.25, -0.2) is 4.98 Å². The van der Waals surface area contributed by atoms with Crippen molar-refractivity contribution in [3.8, 4) is 11.6 Å². The van der Waals surface area contributed by atoms with Crippen LogP contribution in [0.15, 0.2) is 34.0 Å². The molecule has 0 unspecified atom stereocenters. The SMILES string of the molecule is CSc1nnc(-c2c(C)nc3ccccn23)o1. The molecule has 3 rings (SSSR count). The van der Waals surface area contributed by atoms with Crippen LogP contribution in [-0.2, 0) is 0 Å². The predicted octanol–water partition coefficient (Wildman–Crippen LogP) is 2.41. The topological polar surface area (TPSA) is 56.2 Å². The van der Waals surface area contributed by atoms with E-state index in [0.29, 0.717) is 11.1 Å². The van der Waals surface area contributed by atoms with Crippen molar-refractivity contribution in [2.75, 3.05) is 6.26 Å². The van der Waals surface area contributed by atoms with Crippen molar-refractivity contribution < 1.29 is 4.42 Å². The largest absolute Gasteiger partial charge is 0.410 e.